The maximum absolute atomic E-state index is 10.5. The monoisotopic (exact) mass is 228 g/mol. The van der Waals surface area contributed by atoms with Crippen LogP contribution in [-0.4, -0.2) is 5.97 Å². The molecule has 82 valence electrons. The van der Waals surface area contributed by atoms with Crippen molar-refractivity contribution in [2.75, 3.05) is 0 Å². The third-order valence-corrected chi connectivity index (χ3v) is 2.51. The van der Waals surface area contributed by atoms with Crippen molar-refractivity contribution in [1.29, 1.82) is 0 Å². The van der Waals surface area contributed by atoms with Crippen molar-refractivity contribution in [3.05, 3.63) is 35.4 Å². The minimum atomic E-state index is -1.10. The Bertz CT molecular complexity index is 306. The van der Waals surface area contributed by atoms with Gasteiger partial charge in [0.2, 0.25) is 0 Å². The van der Waals surface area contributed by atoms with Crippen molar-refractivity contribution < 1.29 is 39.5 Å². The summed E-state index contributed by atoms with van der Waals surface area (Å²) < 4.78 is 0. The van der Waals surface area contributed by atoms with E-state index in [1.807, 2.05) is 12.1 Å². The number of unbranched alkanes of at least 4 members (excludes halogenated alkanes) is 3. The van der Waals surface area contributed by atoms with Crippen molar-refractivity contribution in [3.8, 4) is 0 Å². The molecular weight excluding hydrogens is 211 g/mol. The van der Waals surface area contributed by atoms with Crippen LogP contribution in [0.15, 0.2) is 24.3 Å². The number of hydrogen-bond donors (Lipinski definition) is 0. The smallest absolute Gasteiger partial charge is 0.545 e. The second kappa shape index (κ2) is 8.80. The maximum atomic E-state index is 10.5. The first-order valence-electron chi connectivity index (χ1n) is 5.54. The topological polar surface area (TPSA) is 40.1 Å². The molecule has 0 N–H and O–H groups in total. The molecule has 0 radical (unpaired) electrons. The number of carbonyl (C=O) groups is 1. The zero-order valence-corrected chi connectivity index (χ0v) is 12.2. The number of hydrogen-bond acceptors (Lipinski definition) is 2. The Morgan fingerprint density at radius 1 is 1.12 bits per heavy atom. The van der Waals surface area contributed by atoms with Gasteiger partial charge in [-0.3, -0.25) is 0 Å². The van der Waals surface area contributed by atoms with E-state index in [1.54, 1.807) is 12.1 Å². The molecule has 1 rings (SSSR count). The van der Waals surface area contributed by atoms with Gasteiger partial charge in [-0.2, -0.15) is 0 Å². The molecule has 0 unspecified atom stereocenters. The van der Waals surface area contributed by atoms with Crippen LogP contribution in [0.4, 0.5) is 0 Å². The number of benzene rings is 1. The zero-order valence-electron chi connectivity index (χ0n) is 10.2. The summed E-state index contributed by atoms with van der Waals surface area (Å²) >= 11 is 0. The van der Waals surface area contributed by atoms with Crippen LogP contribution in [0.3, 0.4) is 0 Å². The van der Waals surface area contributed by atoms with E-state index in [0.29, 0.717) is 0 Å². The standard InChI is InChI=1S/C13H18O2.Na/c1-2-3-4-5-6-11-7-9-12(10-8-11)13(14)15;/h7-10H,2-6H2,1H3,(H,14,15);/q;+1/p-1. The molecule has 0 atom stereocenters. The summed E-state index contributed by atoms with van der Waals surface area (Å²) in [5.41, 5.74) is 1.46. The number of carboxylic acids is 1. The van der Waals surface area contributed by atoms with Crippen LogP contribution in [0.1, 0.15) is 48.5 Å². The van der Waals surface area contributed by atoms with Crippen molar-refractivity contribution >= 4 is 5.97 Å². The normalized spacial score (nSPS) is 9.56. The van der Waals surface area contributed by atoms with E-state index in [9.17, 15) is 9.90 Å². The Morgan fingerprint density at radius 3 is 2.25 bits per heavy atom. The van der Waals surface area contributed by atoms with Gasteiger partial charge in [-0.05, 0) is 24.0 Å². The SMILES string of the molecule is CCCCCCc1ccc(C(=O)[O-])cc1.[Na+]. The Balaban J connectivity index is 0.00000225. The summed E-state index contributed by atoms with van der Waals surface area (Å²) in [5, 5.41) is 10.5. The van der Waals surface area contributed by atoms with Gasteiger partial charge in [-0.1, -0.05) is 50.5 Å². The van der Waals surface area contributed by atoms with Gasteiger partial charge in [0.15, 0.2) is 0 Å². The van der Waals surface area contributed by atoms with Crippen molar-refractivity contribution in [1.82, 2.24) is 0 Å². The molecular formula is C13H17NaO2. The molecule has 0 aliphatic carbocycles. The minimum Gasteiger partial charge on any atom is -0.545 e. The first-order chi connectivity index (χ1) is 7.24. The molecule has 0 saturated carbocycles. The zero-order chi connectivity index (χ0) is 11.1. The number of aromatic carboxylic acids is 1. The van der Waals surface area contributed by atoms with E-state index in [2.05, 4.69) is 6.92 Å². The van der Waals surface area contributed by atoms with E-state index in [1.165, 1.54) is 31.2 Å². The number of carbonyl (C=O) groups excluding carboxylic acids is 1. The molecule has 1 aromatic carbocycles. The Kier molecular flexibility index (Phi) is 8.63. The van der Waals surface area contributed by atoms with Gasteiger partial charge in [0.05, 0.1) is 5.97 Å². The third kappa shape index (κ3) is 5.69. The number of rotatable bonds is 6. The van der Waals surface area contributed by atoms with Crippen LogP contribution >= 0.6 is 0 Å². The van der Waals surface area contributed by atoms with Crippen molar-refractivity contribution in [2.45, 2.75) is 39.0 Å². The maximum Gasteiger partial charge on any atom is 1.00 e. The van der Waals surface area contributed by atoms with E-state index in [0.717, 1.165) is 6.42 Å². The summed E-state index contributed by atoms with van der Waals surface area (Å²) in [4.78, 5) is 10.5. The second-order valence-corrected chi connectivity index (χ2v) is 3.80. The average Bonchev–Trinajstić information content (AvgIpc) is 2.25. The molecule has 0 fully saturated rings. The molecule has 0 heterocycles. The average molecular weight is 228 g/mol. The van der Waals surface area contributed by atoms with Crippen molar-refractivity contribution in [2.24, 2.45) is 0 Å². The Hall–Kier alpha value is -0.310. The molecule has 0 bridgehead atoms. The van der Waals surface area contributed by atoms with Crippen LogP contribution in [0.5, 0.6) is 0 Å². The van der Waals surface area contributed by atoms with Crippen LogP contribution in [0, 0.1) is 0 Å². The molecule has 1 aromatic rings. The van der Waals surface area contributed by atoms with Crippen LogP contribution < -0.4 is 34.7 Å². The second-order valence-electron chi connectivity index (χ2n) is 3.80. The molecule has 0 spiro atoms. The molecule has 2 nitrogen and oxygen atoms in total. The summed E-state index contributed by atoms with van der Waals surface area (Å²) in [5.74, 6) is -1.10. The van der Waals surface area contributed by atoms with E-state index < -0.39 is 5.97 Å². The molecule has 0 aliphatic heterocycles. The summed E-state index contributed by atoms with van der Waals surface area (Å²) in [7, 11) is 0. The van der Waals surface area contributed by atoms with Gasteiger partial charge in [-0.25, -0.2) is 0 Å². The van der Waals surface area contributed by atoms with Crippen LogP contribution in [0.25, 0.3) is 0 Å². The summed E-state index contributed by atoms with van der Waals surface area (Å²) in [6.45, 7) is 2.19. The summed E-state index contributed by atoms with van der Waals surface area (Å²) in [6, 6.07) is 6.98. The molecule has 3 heteroatoms. The van der Waals surface area contributed by atoms with Gasteiger partial charge in [0, 0.05) is 0 Å². The summed E-state index contributed by atoms with van der Waals surface area (Å²) in [6.07, 6.45) is 5.98. The van der Waals surface area contributed by atoms with Crippen molar-refractivity contribution in [3.63, 3.8) is 0 Å². The van der Waals surface area contributed by atoms with E-state index in [4.69, 9.17) is 0 Å². The number of aryl methyl sites for hydroxylation is 1. The first-order valence-corrected chi connectivity index (χ1v) is 5.54. The van der Waals surface area contributed by atoms with Gasteiger partial charge in [-0.15, -0.1) is 0 Å². The van der Waals surface area contributed by atoms with Gasteiger partial charge >= 0.3 is 29.6 Å². The minimum absolute atomic E-state index is 0. The van der Waals surface area contributed by atoms with E-state index >= 15 is 0 Å². The largest absolute Gasteiger partial charge is 1.00 e. The van der Waals surface area contributed by atoms with Gasteiger partial charge < -0.3 is 9.90 Å². The predicted molar refractivity (Wildman–Crippen MR) is 58.6 cm³/mol. The van der Waals surface area contributed by atoms with E-state index in [-0.39, 0.29) is 35.1 Å². The van der Waals surface area contributed by atoms with Crippen LogP contribution in [0.2, 0.25) is 0 Å². The molecule has 0 amide bonds. The third-order valence-electron chi connectivity index (χ3n) is 2.51. The quantitative estimate of drug-likeness (QED) is 0.471. The molecule has 0 aromatic heterocycles. The fourth-order valence-electron chi connectivity index (χ4n) is 1.56. The Labute approximate surface area is 119 Å². The first kappa shape index (κ1) is 15.7. The fourth-order valence-corrected chi connectivity index (χ4v) is 1.56. The number of carboxylic acid groups (broad SMARTS) is 1. The fraction of sp³-hybridized carbons (Fsp3) is 0.462. The predicted octanol–water partition coefficient (Wildman–Crippen LogP) is -0.823. The van der Waals surface area contributed by atoms with Crippen LogP contribution in [-0.2, 0) is 6.42 Å². The molecule has 0 saturated heterocycles. The Morgan fingerprint density at radius 2 is 1.75 bits per heavy atom. The molecule has 16 heavy (non-hydrogen) atoms. The van der Waals surface area contributed by atoms with Gasteiger partial charge in [0.1, 0.15) is 0 Å². The van der Waals surface area contributed by atoms with Gasteiger partial charge in [0.25, 0.3) is 0 Å². The molecule has 0 aliphatic rings.